The van der Waals surface area contributed by atoms with E-state index >= 15 is 0 Å². The van der Waals surface area contributed by atoms with E-state index in [0.717, 1.165) is 18.0 Å². The van der Waals surface area contributed by atoms with Gasteiger partial charge in [0.1, 0.15) is 0 Å². The fourth-order valence-corrected chi connectivity index (χ4v) is 3.46. The fourth-order valence-electron chi connectivity index (χ4n) is 2.34. The Balaban J connectivity index is 1.85. The zero-order valence-electron chi connectivity index (χ0n) is 11.1. The molecule has 2 aromatic carbocycles. The van der Waals surface area contributed by atoms with E-state index in [4.69, 9.17) is 11.6 Å². The molecule has 1 aliphatic heterocycles. The molecule has 1 unspecified atom stereocenters. The molecule has 1 atom stereocenters. The van der Waals surface area contributed by atoms with Gasteiger partial charge in [0, 0.05) is 27.4 Å². The molecule has 0 bridgehead atoms. The van der Waals surface area contributed by atoms with Crippen LogP contribution in [0.2, 0.25) is 5.02 Å². The summed E-state index contributed by atoms with van der Waals surface area (Å²) in [6.07, 6.45) is 5.49. The Kier molecular flexibility index (Phi) is 4.46. The normalized spacial score (nSPS) is 18.1. The molecule has 1 nitrogen and oxygen atoms in total. The summed E-state index contributed by atoms with van der Waals surface area (Å²) in [7, 11) is 0. The van der Waals surface area contributed by atoms with Crippen molar-refractivity contribution in [2.75, 3.05) is 6.54 Å². The summed E-state index contributed by atoms with van der Waals surface area (Å²) in [4.78, 5) is 2.52. The molecule has 1 N–H and O–H groups in total. The van der Waals surface area contributed by atoms with E-state index in [9.17, 15) is 0 Å². The Morgan fingerprint density at radius 1 is 1.00 bits per heavy atom. The molecule has 1 heterocycles. The Hall–Kier alpha value is -1.22. The van der Waals surface area contributed by atoms with Gasteiger partial charge in [-0.15, -0.1) is 0 Å². The van der Waals surface area contributed by atoms with E-state index in [1.54, 1.807) is 11.8 Å². The lowest BCUT2D eigenvalue weighted by molar-refractivity contribution is 0.547. The quantitative estimate of drug-likeness (QED) is 0.793. The van der Waals surface area contributed by atoms with Crippen LogP contribution in [0, 0.1) is 0 Å². The summed E-state index contributed by atoms with van der Waals surface area (Å²) in [5.74, 6) is 0. The lowest BCUT2D eigenvalue weighted by Gasteiger charge is -2.22. The number of hydrogen-bond acceptors (Lipinski definition) is 2. The van der Waals surface area contributed by atoms with E-state index in [1.807, 2.05) is 12.1 Å². The molecule has 0 spiro atoms. The van der Waals surface area contributed by atoms with Crippen molar-refractivity contribution in [2.24, 2.45) is 0 Å². The minimum absolute atomic E-state index is 0.413. The van der Waals surface area contributed by atoms with Crippen molar-refractivity contribution < 1.29 is 0 Å². The van der Waals surface area contributed by atoms with Crippen molar-refractivity contribution in [1.82, 2.24) is 5.32 Å². The van der Waals surface area contributed by atoms with Crippen LogP contribution in [0.3, 0.4) is 0 Å². The average Bonchev–Trinajstić information content (AvgIpc) is 2.51. The average molecular weight is 302 g/mol. The minimum atomic E-state index is 0.413. The van der Waals surface area contributed by atoms with E-state index in [1.165, 1.54) is 15.4 Å². The maximum atomic E-state index is 5.94. The van der Waals surface area contributed by atoms with Crippen LogP contribution in [0.25, 0.3) is 0 Å². The number of halogens is 1. The highest BCUT2D eigenvalue weighted by molar-refractivity contribution is 7.99. The van der Waals surface area contributed by atoms with Crippen molar-refractivity contribution >= 4 is 23.4 Å². The molecule has 0 saturated carbocycles. The Labute approximate surface area is 129 Å². The highest BCUT2D eigenvalue weighted by Gasteiger charge is 2.15. The van der Waals surface area contributed by atoms with Crippen LogP contribution < -0.4 is 5.32 Å². The summed E-state index contributed by atoms with van der Waals surface area (Å²) < 4.78 is 0. The monoisotopic (exact) mass is 301 g/mol. The second-order valence-electron chi connectivity index (χ2n) is 4.76. The van der Waals surface area contributed by atoms with E-state index < -0.39 is 0 Å². The predicted molar refractivity (Wildman–Crippen MR) is 86.5 cm³/mol. The molecule has 0 aromatic heterocycles. The number of rotatable bonds is 3. The number of hydrogen-bond donors (Lipinski definition) is 1. The molecular formula is C17H16ClNS. The van der Waals surface area contributed by atoms with Crippen LogP contribution in [-0.4, -0.2) is 6.54 Å². The molecule has 0 aliphatic carbocycles. The third kappa shape index (κ3) is 3.26. The zero-order chi connectivity index (χ0) is 13.8. The standard InChI is InChI=1S/C17H16ClNS/c18-13-8-10-14(11-9-13)20-17-7-2-1-5-15(17)16-6-3-4-12-19-16/h1-5,7-11,16,19H,6,12H2. The Morgan fingerprint density at radius 3 is 2.55 bits per heavy atom. The Morgan fingerprint density at radius 2 is 1.80 bits per heavy atom. The van der Waals surface area contributed by atoms with Crippen LogP contribution >= 0.6 is 23.4 Å². The van der Waals surface area contributed by atoms with Gasteiger partial charge >= 0.3 is 0 Å². The molecular weight excluding hydrogens is 286 g/mol. The molecule has 1 aliphatic rings. The van der Waals surface area contributed by atoms with Crippen molar-refractivity contribution in [3.8, 4) is 0 Å². The smallest absolute Gasteiger partial charge is 0.0406 e. The van der Waals surface area contributed by atoms with E-state index in [-0.39, 0.29) is 0 Å². The van der Waals surface area contributed by atoms with Gasteiger partial charge in [0.15, 0.2) is 0 Å². The van der Waals surface area contributed by atoms with Gasteiger partial charge in [-0.2, -0.15) is 0 Å². The summed E-state index contributed by atoms with van der Waals surface area (Å²) in [5, 5.41) is 4.33. The number of nitrogens with one attached hydrogen (secondary N) is 1. The molecule has 0 amide bonds. The first-order valence-corrected chi connectivity index (χ1v) is 7.93. The first-order chi connectivity index (χ1) is 9.83. The van der Waals surface area contributed by atoms with Crippen molar-refractivity contribution in [2.45, 2.75) is 22.3 Å². The second kappa shape index (κ2) is 6.49. The highest BCUT2D eigenvalue weighted by atomic mass is 35.5. The van der Waals surface area contributed by atoms with E-state index in [0.29, 0.717) is 6.04 Å². The molecule has 0 radical (unpaired) electrons. The van der Waals surface area contributed by atoms with Gasteiger partial charge in [-0.1, -0.05) is 53.7 Å². The molecule has 102 valence electrons. The van der Waals surface area contributed by atoms with E-state index in [2.05, 4.69) is 53.9 Å². The second-order valence-corrected chi connectivity index (χ2v) is 6.31. The van der Waals surface area contributed by atoms with Crippen LogP contribution in [0.5, 0.6) is 0 Å². The largest absolute Gasteiger partial charge is 0.306 e. The van der Waals surface area contributed by atoms with Gasteiger partial charge < -0.3 is 5.32 Å². The third-order valence-electron chi connectivity index (χ3n) is 3.36. The maximum Gasteiger partial charge on any atom is 0.0406 e. The first-order valence-electron chi connectivity index (χ1n) is 6.73. The third-order valence-corrected chi connectivity index (χ3v) is 4.71. The molecule has 20 heavy (non-hydrogen) atoms. The number of benzene rings is 2. The summed E-state index contributed by atoms with van der Waals surface area (Å²) in [6.45, 7) is 0.949. The fraction of sp³-hybridized carbons (Fsp3) is 0.176. The lowest BCUT2D eigenvalue weighted by atomic mass is 10.0. The maximum absolute atomic E-state index is 5.94. The molecule has 2 aromatic rings. The highest BCUT2D eigenvalue weighted by Crippen LogP contribution is 2.35. The zero-order valence-corrected chi connectivity index (χ0v) is 12.6. The van der Waals surface area contributed by atoms with Crippen molar-refractivity contribution in [1.29, 1.82) is 0 Å². The summed E-state index contributed by atoms with van der Waals surface area (Å²) in [6, 6.07) is 17.0. The Bertz CT molecular complexity index is 607. The molecule has 3 heteroatoms. The lowest BCUT2D eigenvalue weighted by Crippen LogP contribution is -2.24. The van der Waals surface area contributed by atoms with Gasteiger partial charge in [0.05, 0.1) is 0 Å². The van der Waals surface area contributed by atoms with Gasteiger partial charge in [-0.25, -0.2) is 0 Å². The minimum Gasteiger partial charge on any atom is -0.306 e. The van der Waals surface area contributed by atoms with Gasteiger partial charge in [-0.3, -0.25) is 0 Å². The topological polar surface area (TPSA) is 12.0 Å². The predicted octanol–water partition coefficient (Wildman–Crippen LogP) is 5.08. The van der Waals surface area contributed by atoms with Crippen LogP contribution in [-0.2, 0) is 0 Å². The molecule has 3 rings (SSSR count). The molecule has 0 saturated heterocycles. The van der Waals surface area contributed by atoms with Crippen LogP contribution in [0.1, 0.15) is 18.0 Å². The van der Waals surface area contributed by atoms with Gasteiger partial charge in [0.25, 0.3) is 0 Å². The van der Waals surface area contributed by atoms with Crippen LogP contribution in [0.15, 0.2) is 70.5 Å². The van der Waals surface area contributed by atoms with Crippen LogP contribution in [0.4, 0.5) is 0 Å². The van der Waals surface area contributed by atoms with Gasteiger partial charge in [-0.05, 0) is 42.3 Å². The van der Waals surface area contributed by atoms with Crippen molar-refractivity contribution in [3.63, 3.8) is 0 Å². The summed E-state index contributed by atoms with van der Waals surface area (Å²) >= 11 is 7.73. The van der Waals surface area contributed by atoms with Gasteiger partial charge in [0.2, 0.25) is 0 Å². The van der Waals surface area contributed by atoms with Crippen molar-refractivity contribution in [3.05, 3.63) is 71.3 Å². The molecule has 0 fully saturated rings. The summed E-state index contributed by atoms with van der Waals surface area (Å²) in [5.41, 5.74) is 1.37. The first kappa shape index (κ1) is 13.7. The SMILES string of the molecule is Clc1ccc(Sc2ccccc2C2CC=CCN2)cc1.